The molecule has 0 radical (unpaired) electrons. The highest BCUT2D eigenvalue weighted by molar-refractivity contribution is 7.89. The number of rotatable bonds is 8. The molecule has 10 heteroatoms. The summed E-state index contributed by atoms with van der Waals surface area (Å²) in [5.74, 6) is -0.334. The Morgan fingerprint density at radius 2 is 1.76 bits per heavy atom. The first-order valence-corrected chi connectivity index (χ1v) is 12.6. The zero-order valence-corrected chi connectivity index (χ0v) is 20.2. The molecule has 0 spiro atoms. The first-order chi connectivity index (χ1) is 15.6. The topological polar surface area (TPSA) is 105 Å². The molecule has 1 fully saturated rings. The zero-order chi connectivity index (χ0) is 24.0. The van der Waals surface area contributed by atoms with Crippen molar-refractivity contribution in [3.63, 3.8) is 0 Å². The number of benzene rings is 2. The lowest BCUT2D eigenvalue weighted by Crippen LogP contribution is -2.48. The Hall–Kier alpha value is -2.46. The highest BCUT2D eigenvalue weighted by Gasteiger charge is 2.26. The summed E-state index contributed by atoms with van der Waals surface area (Å²) in [7, 11) is -3.73. The van der Waals surface area contributed by atoms with Gasteiger partial charge in [-0.25, -0.2) is 13.1 Å². The third-order valence-electron chi connectivity index (χ3n) is 5.15. The summed E-state index contributed by atoms with van der Waals surface area (Å²) in [5.41, 5.74) is 1.42. The maximum Gasteiger partial charge on any atom is 0.254 e. The number of morpholine rings is 1. The molecule has 1 aliphatic rings. The fourth-order valence-corrected chi connectivity index (χ4v) is 4.93. The fourth-order valence-electron chi connectivity index (χ4n) is 3.60. The highest BCUT2D eigenvalue weighted by Crippen LogP contribution is 2.16. The van der Waals surface area contributed by atoms with E-state index in [0.29, 0.717) is 23.7 Å². The maximum absolute atomic E-state index is 12.7. The first-order valence-electron chi connectivity index (χ1n) is 10.7. The normalized spacial score (nSPS) is 18.7. The van der Waals surface area contributed by atoms with Crippen molar-refractivity contribution in [1.29, 1.82) is 0 Å². The first kappa shape index (κ1) is 25.2. The number of hydrogen-bond donors (Lipinski definition) is 2. The van der Waals surface area contributed by atoms with Gasteiger partial charge in [0, 0.05) is 43.2 Å². The molecule has 1 heterocycles. The Bertz CT molecular complexity index is 1080. The van der Waals surface area contributed by atoms with E-state index in [4.69, 9.17) is 16.3 Å². The third-order valence-corrected chi connectivity index (χ3v) is 6.84. The summed E-state index contributed by atoms with van der Waals surface area (Å²) in [5, 5.41) is 3.07. The lowest BCUT2D eigenvalue weighted by Gasteiger charge is -2.35. The number of hydrogen-bond acceptors (Lipinski definition) is 5. The minimum absolute atomic E-state index is 0.00200. The second-order valence-corrected chi connectivity index (χ2v) is 10.2. The second-order valence-electron chi connectivity index (χ2n) is 8.05. The van der Waals surface area contributed by atoms with E-state index < -0.39 is 10.0 Å². The molecule has 0 saturated carbocycles. The van der Waals surface area contributed by atoms with Crippen LogP contribution in [0.15, 0.2) is 53.4 Å². The van der Waals surface area contributed by atoms with Crippen LogP contribution in [0, 0.1) is 0 Å². The van der Waals surface area contributed by atoms with Crippen LogP contribution in [0.2, 0.25) is 5.02 Å². The van der Waals surface area contributed by atoms with E-state index in [1.807, 2.05) is 13.8 Å². The molecular weight excluding hydrogens is 466 g/mol. The minimum Gasteiger partial charge on any atom is -0.372 e. The van der Waals surface area contributed by atoms with Crippen molar-refractivity contribution in [2.24, 2.45) is 0 Å². The van der Waals surface area contributed by atoms with Crippen LogP contribution in [0.25, 0.3) is 0 Å². The van der Waals surface area contributed by atoms with Crippen LogP contribution in [0.5, 0.6) is 0 Å². The predicted molar refractivity (Wildman–Crippen MR) is 125 cm³/mol. The van der Waals surface area contributed by atoms with Crippen LogP contribution in [0.1, 0.15) is 36.2 Å². The molecule has 0 bridgehead atoms. The molecule has 1 aliphatic heterocycles. The summed E-state index contributed by atoms with van der Waals surface area (Å²) in [6.07, 6.45) is -0.00616. The van der Waals surface area contributed by atoms with Gasteiger partial charge in [0.25, 0.3) is 5.91 Å². The Morgan fingerprint density at radius 3 is 2.39 bits per heavy atom. The predicted octanol–water partition coefficient (Wildman–Crippen LogP) is 2.57. The van der Waals surface area contributed by atoms with Gasteiger partial charge in [-0.3, -0.25) is 9.59 Å². The number of carbonyl (C=O) groups excluding carboxylic acids is 2. The molecule has 3 rings (SSSR count). The number of amides is 2. The summed E-state index contributed by atoms with van der Waals surface area (Å²) in [4.78, 5) is 26.7. The summed E-state index contributed by atoms with van der Waals surface area (Å²) in [6, 6.07) is 13.0. The molecule has 2 N–H and O–H groups in total. The van der Waals surface area contributed by atoms with Gasteiger partial charge in [0.05, 0.1) is 17.1 Å². The van der Waals surface area contributed by atoms with Crippen molar-refractivity contribution in [3.8, 4) is 0 Å². The zero-order valence-electron chi connectivity index (χ0n) is 18.6. The van der Waals surface area contributed by atoms with E-state index in [1.165, 1.54) is 12.1 Å². The third kappa shape index (κ3) is 7.26. The Kier molecular flexibility index (Phi) is 8.47. The Morgan fingerprint density at radius 1 is 1.09 bits per heavy atom. The van der Waals surface area contributed by atoms with Gasteiger partial charge in [-0.05, 0) is 49.7 Å². The molecule has 2 unspecified atom stereocenters. The lowest BCUT2D eigenvalue weighted by molar-refractivity contribution is -0.121. The molecule has 178 valence electrons. The maximum atomic E-state index is 12.7. The summed E-state index contributed by atoms with van der Waals surface area (Å²) in [6.45, 7) is 5.25. The summed E-state index contributed by atoms with van der Waals surface area (Å²) < 4.78 is 32.5. The van der Waals surface area contributed by atoms with Gasteiger partial charge in [0.15, 0.2) is 0 Å². The van der Waals surface area contributed by atoms with Crippen molar-refractivity contribution < 1.29 is 22.7 Å². The summed E-state index contributed by atoms with van der Waals surface area (Å²) >= 11 is 5.83. The molecular formula is C23H28ClN3O5S. The number of halogens is 1. The monoisotopic (exact) mass is 493 g/mol. The van der Waals surface area contributed by atoms with Crippen LogP contribution in [0.3, 0.4) is 0 Å². The van der Waals surface area contributed by atoms with Gasteiger partial charge >= 0.3 is 0 Å². The van der Waals surface area contributed by atoms with Gasteiger partial charge in [-0.15, -0.1) is 0 Å². The lowest BCUT2D eigenvalue weighted by atomic mass is 10.1. The molecule has 0 aliphatic carbocycles. The standard InChI is InChI=1S/C23H28ClN3O5S/c1-16-14-27(15-17(2)32-16)23(29)19-8-6-18(7-9-19)13-25-22(28)10-11-26-33(30,31)21-5-3-4-20(24)12-21/h3-9,12,16-17,26H,10-11,13-15H2,1-2H3,(H,25,28). The molecule has 8 nitrogen and oxygen atoms in total. The van der Waals surface area contributed by atoms with E-state index >= 15 is 0 Å². The van der Waals surface area contributed by atoms with Crippen LogP contribution >= 0.6 is 11.6 Å². The van der Waals surface area contributed by atoms with Gasteiger partial charge in [-0.2, -0.15) is 0 Å². The largest absolute Gasteiger partial charge is 0.372 e. The SMILES string of the molecule is CC1CN(C(=O)c2ccc(CNC(=O)CCNS(=O)(=O)c3cccc(Cl)c3)cc2)CC(C)O1. The Labute approximate surface area is 199 Å². The molecule has 2 amide bonds. The number of nitrogens with one attached hydrogen (secondary N) is 2. The second kappa shape index (κ2) is 11.1. The van der Waals surface area contributed by atoms with Crippen molar-refractivity contribution in [2.45, 2.75) is 43.9 Å². The molecule has 2 aromatic carbocycles. The van der Waals surface area contributed by atoms with Gasteiger partial charge < -0.3 is 15.0 Å². The van der Waals surface area contributed by atoms with Gasteiger partial charge in [0.1, 0.15) is 0 Å². The molecule has 1 saturated heterocycles. The van der Waals surface area contributed by atoms with Crippen LogP contribution in [0.4, 0.5) is 0 Å². The highest BCUT2D eigenvalue weighted by atomic mass is 35.5. The van der Waals surface area contributed by atoms with Crippen LogP contribution < -0.4 is 10.0 Å². The molecule has 2 atom stereocenters. The fraction of sp³-hybridized carbons (Fsp3) is 0.391. The smallest absolute Gasteiger partial charge is 0.254 e. The van der Waals surface area contributed by atoms with Crippen molar-refractivity contribution >= 4 is 33.4 Å². The van der Waals surface area contributed by atoms with E-state index in [-0.39, 0.29) is 48.4 Å². The van der Waals surface area contributed by atoms with E-state index in [1.54, 1.807) is 41.3 Å². The van der Waals surface area contributed by atoms with Crippen LogP contribution in [-0.4, -0.2) is 57.0 Å². The molecule has 2 aromatic rings. The van der Waals surface area contributed by atoms with Crippen molar-refractivity contribution in [2.75, 3.05) is 19.6 Å². The van der Waals surface area contributed by atoms with Crippen LogP contribution in [-0.2, 0) is 26.1 Å². The van der Waals surface area contributed by atoms with E-state index in [2.05, 4.69) is 10.0 Å². The van der Waals surface area contributed by atoms with Crippen molar-refractivity contribution in [3.05, 3.63) is 64.7 Å². The minimum atomic E-state index is -3.73. The van der Waals surface area contributed by atoms with Gasteiger partial charge in [-0.1, -0.05) is 29.8 Å². The number of sulfonamides is 1. The number of ether oxygens (including phenoxy) is 1. The van der Waals surface area contributed by atoms with Gasteiger partial charge in [0.2, 0.25) is 15.9 Å². The molecule has 0 aromatic heterocycles. The van der Waals surface area contributed by atoms with E-state index in [9.17, 15) is 18.0 Å². The quantitative estimate of drug-likeness (QED) is 0.588. The average Bonchev–Trinajstić information content (AvgIpc) is 2.77. The Balaban J connectivity index is 1.44. The number of carbonyl (C=O) groups is 2. The number of nitrogens with zero attached hydrogens (tertiary/aromatic N) is 1. The average molecular weight is 494 g/mol. The van der Waals surface area contributed by atoms with E-state index in [0.717, 1.165) is 5.56 Å². The molecule has 33 heavy (non-hydrogen) atoms. The van der Waals surface area contributed by atoms with Crippen molar-refractivity contribution in [1.82, 2.24) is 14.9 Å².